The minimum Gasteiger partial charge on any atom is -0.492 e. The van der Waals surface area contributed by atoms with Gasteiger partial charge in [-0.1, -0.05) is 31.5 Å². The fourth-order valence-corrected chi connectivity index (χ4v) is 2.19. The number of para-hydroxylation sites is 1. The third-order valence-corrected chi connectivity index (χ3v) is 3.26. The predicted octanol–water partition coefficient (Wildman–Crippen LogP) is 3.03. The molecule has 0 heterocycles. The number of hydrogen-bond donors (Lipinski definition) is 0. The summed E-state index contributed by atoms with van der Waals surface area (Å²) in [7, 11) is 8.40. The first-order chi connectivity index (χ1) is 9.06. The Hall–Kier alpha value is -1.06. The van der Waals surface area contributed by atoms with Crippen LogP contribution in [0.15, 0.2) is 24.3 Å². The van der Waals surface area contributed by atoms with Crippen LogP contribution in [0.2, 0.25) is 0 Å². The molecule has 19 heavy (non-hydrogen) atoms. The third-order valence-electron chi connectivity index (χ3n) is 3.26. The zero-order valence-corrected chi connectivity index (χ0v) is 13.0. The van der Waals surface area contributed by atoms with E-state index in [0.717, 1.165) is 25.3 Å². The predicted molar refractivity (Wildman–Crippen MR) is 81.8 cm³/mol. The second-order valence-electron chi connectivity index (χ2n) is 5.46. The lowest BCUT2D eigenvalue weighted by Gasteiger charge is -2.26. The van der Waals surface area contributed by atoms with E-state index in [1.165, 1.54) is 12.0 Å². The summed E-state index contributed by atoms with van der Waals surface area (Å²) in [4.78, 5) is 4.41. The Morgan fingerprint density at radius 2 is 1.79 bits per heavy atom. The van der Waals surface area contributed by atoms with Gasteiger partial charge in [-0.05, 0) is 40.7 Å². The van der Waals surface area contributed by atoms with Gasteiger partial charge in [0, 0.05) is 18.2 Å². The normalized spacial score (nSPS) is 13.0. The van der Waals surface area contributed by atoms with Gasteiger partial charge in [-0.3, -0.25) is 0 Å². The fourth-order valence-electron chi connectivity index (χ4n) is 2.19. The molecule has 3 heteroatoms. The van der Waals surface area contributed by atoms with E-state index in [1.54, 1.807) is 0 Å². The van der Waals surface area contributed by atoms with Crippen LogP contribution in [0.3, 0.4) is 0 Å². The van der Waals surface area contributed by atoms with Gasteiger partial charge in [0.15, 0.2) is 0 Å². The van der Waals surface area contributed by atoms with E-state index < -0.39 is 0 Å². The van der Waals surface area contributed by atoms with Gasteiger partial charge >= 0.3 is 0 Å². The molecule has 0 radical (unpaired) electrons. The van der Waals surface area contributed by atoms with Gasteiger partial charge in [0.2, 0.25) is 0 Å². The summed E-state index contributed by atoms with van der Waals surface area (Å²) in [5, 5.41) is 0. The summed E-state index contributed by atoms with van der Waals surface area (Å²) in [6.45, 7) is 3.90. The molecule has 0 saturated carbocycles. The Morgan fingerprint density at radius 3 is 2.37 bits per heavy atom. The van der Waals surface area contributed by atoms with Crippen LogP contribution in [0, 0.1) is 0 Å². The molecule has 0 aliphatic rings. The number of likely N-dealkylation sites (N-methyl/N-ethyl adjacent to an activating group) is 1. The maximum Gasteiger partial charge on any atom is 0.124 e. The zero-order valence-electron chi connectivity index (χ0n) is 13.0. The first-order valence-electron chi connectivity index (χ1n) is 7.09. The van der Waals surface area contributed by atoms with Crippen molar-refractivity contribution < 1.29 is 4.74 Å². The van der Waals surface area contributed by atoms with E-state index >= 15 is 0 Å². The van der Waals surface area contributed by atoms with Gasteiger partial charge in [0.25, 0.3) is 0 Å². The lowest BCUT2D eigenvalue weighted by Crippen LogP contribution is -2.22. The Bertz CT molecular complexity index is 364. The molecule has 1 aromatic carbocycles. The van der Waals surface area contributed by atoms with Crippen molar-refractivity contribution in [3.05, 3.63) is 29.8 Å². The number of hydrogen-bond acceptors (Lipinski definition) is 3. The number of rotatable bonds is 8. The highest BCUT2D eigenvalue weighted by atomic mass is 16.5. The average Bonchev–Trinajstić information content (AvgIpc) is 2.36. The highest BCUT2D eigenvalue weighted by molar-refractivity contribution is 5.36. The van der Waals surface area contributed by atoms with Crippen molar-refractivity contribution in [2.24, 2.45) is 0 Å². The third kappa shape index (κ3) is 5.21. The highest BCUT2D eigenvalue weighted by Crippen LogP contribution is 2.31. The van der Waals surface area contributed by atoms with Gasteiger partial charge in [-0.25, -0.2) is 0 Å². The number of nitrogens with zero attached hydrogens (tertiary/aromatic N) is 2. The van der Waals surface area contributed by atoms with Crippen LogP contribution in [0.5, 0.6) is 5.75 Å². The molecule has 0 aliphatic heterocycles. The first-order valence-corrected chi connectivity index (χ1v) is 7.09. The molecule has 0 N–H and O–H groups in total. The highest BCUT2D eigenvalue weighted by Gasteiger charge is 2.17. The molecule has 0 saturated heterocycles. The Balaban J connectivity index is 2.81. The first kappa shape index (κ1) is 16.0. The maximum absolute atomic E-state index is 5.96. The van der Waals surface area contributed by atoms with Gasteiger partial charge < -0.3 is 14.5 Å². The van der Waals surface area contributed by atoms with Gasteiger partial charge in [-0.2, -0.15) is 0 Å². The van der Waals surface area contributed by atoms with E-state index in [0.29, 0.717) is 6.04 Å². The Kier molecular flexibility index (Phi) is 6.89. The zero-order chi connectivity index (χ0) is 14.3. The lowest BCUT2D eigenvalue weighted by atomic mass is 10.0. The van der Waals surface area contributed by atoms with Crippen molar-refractivity contribution in [2.45, 2.75) is 25.8 Å². The maximum atomic E-state index is 5.96. The molecule has 1 aromatic rings. The second kappa shape index (κ2) is 8.18. The van der Waals surface area contributed by atoms with Crippen molar-refractivity contribution in [3.63, 3.8) is 0 Å². The van der Waals surface area contributed by atoms with E-state index in [1.807, 2.05) is 6.07 Å². The molecule has 108 valence electrons. The summed E-state index contributed by atoms with van der Waals surface area (Å²) in [6, 6.07) is 8.84. The summed E-state index contributed by atoms with van der Waals surface area (Å²) in [6.07, 6.45) is 2.33. The molecule has 0 bridgehead atoms. The van der Waals surface area contributed by atoms with Crippen LogP contribution in [-0.4, -0.2) is 51.1 Å². The fraction of sp³-hybridized carbons (Fsp3) is 0.625. The topological polar surface area (TPSA) is 15.7 Å². The number of ether oxygens (including phenoxy) is 1. The molecule has 0 amide bonds. The van der Waals surface area contributed by atoms with Crippen molar-refractivity contribution in [2.75, 3.05) is 41.3 Å². The number of benzene rings is 1. The van der Waals surface area contributed by atoms with Gasteiger partial charge in [0.05, 0.1) is 0 Å². The van der Waals surface area contributed by atoms with E-state index in [-0.39, 0.29) is 0 Å². The Morgan fingerprint density at radius 1 is 1.11 bits per heavy atom. The molecule has 0 aromatic heterocycles. The summed E-state index contributed by atoms with van der Waals surface area (Å²) in [5.41, 5.74) is 1.30. The minimum absolute atomic E-state index is 0.431. The van der Waals surface area contributed by atoms with Crippen LogP contribution < -0.4 is 4.74 Å². The molecule has 1 unspecified atom stereocenters. The van der Waals surface area contributed by atoms with E-state index in [4.69, 9.17) is 4.74 Å². The lowest BCUT2D eigenvalue weighted by molar-refractivity contribution is 0.241. The summed E-state index contributed by atoms with van der Waals surface area (Å²) >= 11 is 0. The standard InChI is InChI=1S/C16H28N2O/c1-6-9-15(18(4)5)14-10-7-8-11-16(14)19-13-12-17(2)3/h7-8,10-11,15H,6,9,12-13H2,1-5H3. The second-order valence-corrected chi connectivity index (χ2v) is 5.46. The monoisotopic (exact) mass is 264 g/mol. The SMILES string of the molecule is CCCC(c1ccccc1OCCN(C)C)N(C)C. The smallest absolute Gasteiger partial charge is 0.124 e. The van der Waals surface area contributed by atoms with Gasteiger partial charge in [0.1, 0.15) is 12.4 Å². The Labute approximate surface area is 118 Å². The van der Waals surface area contributed by atoms with Crippen LogP contribution >= 0.6 is 0 Å². The molecule has 0 aliphatic carbocycles. The van der Waals surface area contributed by atoms with E-state index in [2.05, 4.69) is 63.1 Å². The van der Waals surface area contributed by atoms with Gasteiger partial charge in [-0.15, -0.1) is 0 Å². The van der Waals surface area contributed by atoms with Crippen LogP contribution in [0.4, 0.5) is 0 Å². The molecular weight excluding hydrogens is 236 g/mol. The van der Waals surface area contributed by atoms with Crippen molar-refractivity contribution in [3.8, 4) is 5.75 Å². The molecular formula is C16H28N2O. The van der Waals surface area contributed by atoms with Crippen molar-refractivity contribution >= 4 is 0 Å². The minimum atomic E-state index is 0.431. The van der Waals surface area contributed by atoms with Crippen LogP contribution in [-0.2, 0) is 0 Å². The summed E-state index contributed by atoms with van der Waals surface area (Å²) in [5.74, 6) is 1.02. The average molecular weight is 264 g/mol. The molecule has 1 rings (SSSR count). The largest absolute Gasteiger partial charge is 0.492 e. The van der Waals surface area contributed by atoms with Crippen molar-refractivity contribution in [1.82, 2.24) is 9.80 Å². The van der Waals surface area contributed by atoms with Crippen LogP contribution in [0.1, 0.15) is 31.4 Å². The summed E-state index contributed by atoms with van der Waals surface area (Å²) < 4.78 is 5.96. The van der Waals surface area contributed by atoms with Crippen LogP contribution in [0.25, 0.3) is 0 Å². The molecule has 3 nitrogen and oxygen atoms in total. The quantitative estimate of drug-likeness (QED) is 0.718. The van der Waals surface area contributed by atoms with E-state index in [9.17, 15) is 0 Å². The van der Waals surface area contributed by atoms with Crippen molar-refractivity contribution in [1.29, 1.82) is 0 Å². The molecule has 1 atom stereocenters. The molecule has 0 fully saturated rings. The molecule has 0 spiro atoms.